The Labute approximate surface area is 111 Å². The van der Waals surface area contributed by atoms with Crippen LogP contribution in [0.5, 0.6) is 0 Å². The van der Waals surface area contributed by atoms with Crippen molar-refractivity contribution in [1.82, 2.24) is 4.90 Å². The zero-order valence-electron chi connectivity index (χ0n) is 10.9. The Balaban J connectivity index is 2.06. The lowest BCUT2D eigenvalue weighted by Gasteiger charge is -2.25. The van der Waals surface area contributed by atoms with Crippen molar-refractivity contribution in [2.24, 2.45) is 11.7 Å². The van der Waals surface area contributed by atoms with E-state index in [-0.39, 0.29) is 18.4 Å². The SMILES string of the molecule is CC1CCN(C(=O)Cc2ccc(F)c(F)c2)C1CN. The lowest BCUT2D eigenvalue weighted by atomic mass is 10.0. The summed E-state index contributed by atoms with van der Waals surface area (Å²) >= 11 is 0. The van der Waals surface area contributed by atoms with E-state index in [1.807, 2.05) is 0 Å². The maximum absolute atomic E-state index is 13.1. The largest absolute Gasteiger partial charge is 0.338 e. The fraction of sp³-hybridized carbons (Fsp3) is 0.500. The zero-order valence-corrected chi connectivity index (χ0v) is 10.9. The number of carbonyl (C=O) groups excluding carboxylic acids is 1. The van der Waals surface area contributed by atoms with Gasteiger partial charge in [-0.2, -0.15) is 0 Å². The van der Waals surface area contributed by atoms with Crippen LogP contribution in [-0.2, 0) is 11.2 Å². The number of likely N-dealkylation sites (tertiary alicyclic amines) is 1. The molecule has 0 saturated carbocycles. The predicted octanol–water partition coefficient (Wildman–Crippen LogP) is 1.70. The van der Waals surface area contributed by atoms with Crippen molar-refractivity contribution in [3.05, 3.63) is 35.4 Å². The van der Waals surface area contributed by atoms with Gasteiger partial charge in [0.1, 0.15) is 0 Å². The third-order valence-corrected chi connectivity index (χ3v) is 3.78. The van der Waals surface area contributed by atoms with Gasteiger partial charge in [-0.3, -0.25) is 4.79 Å². The van der Waals surface area contributed by atoms with Crippen LogP contribution in [0.4, 0.5) is 8.78 Å². The first-order valence-electron chi connectivity index (χ1n) is 6.46. The lowest BCUT2D eigenvalue weighted by Crippen LogP contribution is -2.42. The molecule has 5 heteroatoms. The van der Waals surface area contributed by atoms with Gasteiger partial charge in [0, 0.05) is 19.1 Å². The second-order valence-corrected chi connectivity index (χ2v) is 5.08. The number of nitrogens with two attached hydrogens (primary N) is 1. The molecular formula is C14H18F2N2O. The van der Waals surface area contributed by atoms with Crippen LogP contribution >= 0.6 is 0 Å². The molecular weight excluding hydrogens is 250 g/mol. The van der Waals surface area contributed by atoms with Gasteiger partial charge in [0.05, 0.1) is 6.42 Å². The molecule has 1 fully saturated rings. The van der Waals surface area contributed by atoms with E-state index in [9.17, 15) is 13.6 Å². The molecule has 2 unspecified atom stereocenters. The Kier molecular flexibility index (Phi) is 4.14. The normalized spacial score (nSPS) is 22.8. The molecule has 2 N–H and O–H groups in total. The van der Waals surface area contributed by atoms with Gasteiger partial charge >= 0.3 is 0 Å². The smallest absolute Gasteiger partial charge is 0.227 e. The molecule has 1 aliphatic rings. The molecule has 0 bridgehead atoms. The van der Waals surface area contributed by atoms with E-state index < -0.39 is 11.6 Å². The van der Waals surface area contributed by atoms with E-state index >= 15 is 0 Å². The fourth-order valence-electron chi connectivity index (χ4n) is 2.60. The molecule has 19 heavy (non-hydrogen) atoms. The van der Waals surface area contributed by atoms with Gasteiger partial charge in [-0.15, -0.1) is 0 Å². The molecule has 3 nitrogen and oxygen atoms in total. The number of benzene rings is 1. The highest BCUT2D eigenvalue weighted by atomic mass is 19.2. The number of halogens is 2. The van der Waals surface area contributed by atoms with E-state index in [0.717, 1.165) is 18.6 Å². The lowest BCUT2D eigenvalue weighted by molar-refractivity contribution is -0.131. The second-order valence-electron chi connectivity index (χ2n) is 5.08. The van der Waals surface area contributed by atoms with Crippen molar-refractivity contribution in [2.75, 3.05) is 13.1 Å². The van der Waals surface area contributed by atoms with Gasteiger partial charge in [-0.25, -0.2) is 8.78 Å². The quantitative estimate of drug-likeness (QED) is 0.907. The Bertz CT molecular complexity index is 479. The number of amides is 1. The summed E-state index contributed by atoms with van der Waals surface area (Å²) in [5.74, 6) is -1.51. The van der Waals surface area contributed by atoms with Crippen molar-refractivity contribution in [2.45, 2.75) is 25.8 Å². The number of carbonyl (C=O) groups is 1. The van der Waals surface area contributed by atoms with Crippen LogP contribution in [0.3, 0.4) is 0 Å². The van der Waals surface area contributed by atoms with Crippen LogP contribution in [0.2, 0.25) is 0 Å². The van der Waals surface area contributed by atoms with E-state index in [1.165, 1.54) is 6.07 Å². The van der Waals surface area contributed by atoms with Gasteiger partial charge in [-0.05, 0) is 30.0 Å². The van der Waals surface area contributed by atoms with Gasteiger partial charge in [-0.1, -0.05) is 13.0 Å². The van der Waals surface area contributed by atoms with Gasteiger partial charge in [0.25, 0.3) is 0 Å². The van der Waals surface area contributed by atoms with Gasteiger partial charge in [0.15, 0.2) is 11.6 Å². The molecule has 1 heterocycles. The minimum atomic E-state index is -0.921. The minimum absolute atomic E-state index is 0.0535. The maximum Gasteiger partial charge on any atom is 0.227 e. The van der Waals surface area contributed by atoms with Crippen LogP contribution in [-0.4, -0.2) is 29.9 Å². The van der Waals surface area contributed by atoms with E-state index in [1.54, 1.807) is 4.90 Å². The van der Waals surface area contributed by atoms with Gasteiger partial charge < -0.3 is 10.6 Å². The highest BCUT2D eigenvalue weighted by Gasteiger charge is 2.33. The molecule has 0 aromatic heterocycles. The Morgan fingerprint density at radius 3 is 2.79 bits per heavy atom. The molecule has 2 atom stereocenters. The van der Waals surface area contributed by atoms with Crippen molar-refractivity contribution in [3.63, 3.8) is 0 Å². The molecule has 1 aliphatic heterocycles. The summed E-state index contributed by atoms with van der Waals surface area (Å²) in [5, 5.41) is 0. The first-order chi connectivity index (χ1) is 9.02. The zero-order chi connectivity index (χ0) is 14.0. The fourth-order valence-corrected chi connectivity index (χ4v) is 2.60. The Hall–Kier alpha value is -1.49. The highest BCUT2D eigenvalue weighted by Crippen LogP contribution is 2.24. The average molecular weight is 268 g/mol. The van der Waals surface area contributed by atoms with Crippen LogP contribution in [0, 0.1) is 17.6 Å². The standard InChI is InChI=1S/C14H18F2N2O/c1-9-4-5-18(13(9)8-17)14(19)7-10-2-3-11(15)12(16)6-10/h2-3,6,9,13H,4-5,7-8,17H2,1H3. The summed E-state index contributed by atoms with van der Waals surface area (Å²) in [6.07, 6.45) is 1.02. The first kappa shape index (κ1) is 13.9. The number of rotatable bonds is 3. The van der Waals surface area contributed by atoms with Crippen LogP contribution in [0.25, 0.3) is 0 Å². The summed E-state index contributed by atoms with van der Waals surface area (Å²) in [7, 11) is 0. The average Bonchev–Trinajstić information content (AvgIpc) is 2.75. The topological polar surface area (TPSA) is 46.3 Å². The molecule has 1 amide bonds. The molecule has 1 aromatic carbocycles. The highest BCUT2D eigenvalue weighted by molar-refractivity contribution is 5.79. The molecule has 104 valence electrons. The van der Waals surface area contributed by atoms with E-state index in [4.69, 9.17) is 5.73 Å². The van der Waals surface area contributed by atoms with Crippen molar-refractivity contribution in [1.29, 1.82) is 0 Å². The summed E-state index contributed by atoms with van der Waals surface area (Å²) in [6, 6.07) is 3.61. The molecule has 1 aromatic rings. The minimum Gasteiger partial charge on any atom is -0.338 e. The van der Waals surface area contributed by atoms with Gasteiger partial charge in [0.2, 0.25) is 5.91 Å². The summed E-state index contributed by atoms with van der Waals surface area (Å²) in [6.45, 7) is 3.19. The Morgan fingerprint density at radius 2 is 2.16 bits per heavy atom. The summed E-state index contributed by atoms with van der Waals surface area (Å²) < 4.78 is 25.9. The molecule has 1 saturated heterocycles. The third-order valence-electron chi connectivity index (χ3n) is 3.78. The summed E-state index contributed by atoms with van der Waals surface area (Å²) in [4.78, 5) is 13.9. The Morgan fingerprint density at radius 1 is 1.42 bits per heavy atom. The first-order valence-corrected chi connectivity index (χ1v) is 6.46. The van der Waals surface area contributed by atoms with Crippen molar-refractivity contribution >= 4 is 5.91 Å². The molecule has 0 radical (unpaired) electrons. The van der Waals surface area contributed by atoms with Crippen LogP contribution in [0.15, 0.2) is 18.2 Å². The van der Waals surface area contributed by atoms with E-state index in [2.05, 4.69) is 6.92 Å². The third kappa shape index (κ3) is 2.92. The number of nitrogens with zero attached hydrogens (tertiary/aromatic N) is 1. The maximum atomic E-state index is 13.1. The monoisotopic (exact) mass is 268 g/mol. The number of hydrogen-bond acceptors (Lipinski definition) is 2. The molecule has 2 rings (SSSR count). The summed E-state index contributed by atoms with van der Waals surface area (Å²) in [5.41, 5.74) is 6.17. The predicted molar refractivity (Wildman–Crippen MR) is 68.4 cm³/mol. The molecule has 0 spiro atoms. The molecule has 0 aliphatic carbocycles. The van der Waals surface area contributed by atoms with Crippen molar-refractivity contribution < 1.29 is 13.6 Å². The van der Waals surface area contributed by atoms with Crippen LogP contribution in [0.1, 0.15) is 18.9 Å². The second kappa shape index (κ2) is 5.65. The number of hydrogen-bond donors (Lipinski definition) is 1. The van der Waals surface area contributed by atoms with E-state index in [0.29, 0.717) is 24.6 Å². The van der Waals surface area contributed by atoms with Crippen LogP contribution < -0.4 is 5.73 Å². The van der Waals surface area contributed by atoms with Crippen molar-refractivity contribution in [3.8, 4) is 0 Å².